The number of aryl methyl sites for hydroxylation is 1. The summed E-state index contributed by atoms with van der Waals surface area (Å²) in [5.41, 5.74) is 2.64. The van der Waals surface area contributed by atoms with Crippen molar-refractivity contribution >= 4 is 11.5 Å². The second-order valence-electron chi connectivity index (χ2n) is 5.08. The van der Waals surface area contributed by atoms with Crippen molar-refractivity contribution in [1.29, 1.82) is 0 Å². The van der Waals surface area contributed by atoms with Crippen molar-refractivity contribution < 1.29 is 0 Å². The van der Waals surface area contributed by atoms with Crippen molar-refractivity contribution in [3.8, 4) is 5.69 Å². The van der Waals surface area contributed by atoms with Crippen LogP contribution >= 0.6 is 0 Å². The minimum absolute atomic E-state index is 0.473. The smallest absolute Gasteiger partial charge is 0.175 e. The normalized spacial score (nSPS) is 11.0. The van der Waals surface area contributed by atoms with Gasteiger partial charge in [-0.05, 0) is 29.5 Å². The molecule has 0 saturated heterocycles. The standard InChI is InChI=1S/C15H14N8/c1-11-9-14(23-13(18-11)7-8-17-23)16-10-15-19-20-21-22(15)12-5-3-2-4-6-12/h2-9,16H,10H2,1H3. The number of nitrogens with one attached hydrogen (secondary N) is 1. The van der Waals surface area contributed by atoms with Crippen molar-refractivity contribution in [3.63, 3.8) is 0 Å². The third-order valence-electron chi connectivity index (χ3n) is 3.45. The Bertz CT molecular complexity index is 940. The van der Waals surface area contributed by atoms with Crippen LogP contribution in [0.5, 0.6) is 0 Å². The number of aromatic nitrogens is 7. The van der Waals surface area contributed by atoms with E-state index in [-0.39, 0.29) is 0 Å². The molecule has 0 bridgehead atoms. The first-order chi connectivity index (χ1) is 11.3. The molecule has 8 nitrogen and oxygen atoms in total. The minimum atomic E-state index is 0.473. The second-order valence-corrected chi connectivity index (χ2v) is 5.08. The van der Waals surface area contributed by atoms with E-state index in [0.717, 1.165) is 22.8 Å². The van der Waals surface area contributed by atoms with Gasteiger partial charge in [0.2, 0.25) is 0 Å². The molecule has 3 heterocycles. The summed E-state index contributed by atoms with van der Waals surface area (Å²) >= 11 is 0. The average molecular weight is 306 g/mol. The van der Waals surface area contributed by atoms with Crippen LogP contribution in [-0.2, 0) is 6.54 Å². The molecule has 114 valence electrons. The number of para-hydroxylation sites is 1. The molecule has 4 rings (SSSR count). The van der Waals surface area contributed by atoms with Gasteiger partial charge in [-0.3, -0.25) is 0 Å². The van der Waals surface area contributed by atoms with Gasteiger partial charge in [0.25, 0.3) is 0 Å². The largest absolute Gasteiger partial charge is 0.363 e. The third-order valence-corrected chi connectivity index (χ3v) is 3.45. The fourth-order valence-electron chi connectivity index (χ4n) is 2.42. The fraction of sp³-hybridized carbons (Fsp3) is 0.133. The first kappa shape index (κ1) is 13.4. The van der Waals surface area contributed by atoms with Crippen molar-refractivity contribution in [2.75, 3.05) is 5.32 Å². The van der Waals surface area contributed by atoms with Crippen LogP contribution in [0.2, 0.25) is 0 Å². The van der Waals surface area contributed by atoms with Gasteiger partial charge in [0.05, 0.1) is 18.4 Å². The highest BCUT2D eigenvalue weighted by Crippen LogP contribution is 2.13. The van der Waals surface area contributed by atoms with Crippen LogP contribution in [0.1, 0.15) is 11.5 Å². The number of hydrogen-bond donors (Lipinski definition) is 1. The van der Waals surface area contributed by atoms with Crippen molar-refractivity contribution in [1.82, 2.24) is 34.8 Å². The van der Waals surface area contributed by atoms with Crippen LogP contribution in [0.15, 0.2) is 48.7 Å². The van der Waals surface area contributed by atoms with Gasteiger partial charge in [-0.25, -0.2) is 4.98 Å². The molecule has 4 aromatic rings. The summed E-state index contributed by atoms with van der Waals surface area (Å²) in [6.45, 7) is 2.42. The zero-order chi connectivity index (χ0) is 15.6. The molecule has 0 radical (unpaired) electrons. The summed E-state index contributed by atoms with van der Waals surface area (Å²) in [7, 11) is 0. The Morgan fingerprint density at radius 1 is 1.13 bits per heavy atom. The van der Waals surface area contributed by atoms with Gasteiger partial charge >= 0.3 is 0 Å². The van der Waals surface area contributed by atoms with E-state index in [4.69, 9.17) is 0 Å². The van der Waals surface area contributed by atoms with Crippen LogP contribution in [0.4, 0.5) is 5.82 Å². The zero-order valence-electron chi connectivity index (χ0n) is 12.5. The molecule has 0 atom stereocenters. The fourth-order valence-corrected chi connectivity index (χ4v) is 2.42. The molecule has 0 amide bonds. The summed E-state index contributed by atoms with van der Waals surface area (Å²) in [6, 6.07) is 13.6. The van der Waals surface area contributed by atoms with E-state index in [9.17, 15) is 0 Å². The number of fused-ring (bicyclic) bond motifs is 1. The van der Waals surface area contributed by atoms with Crippen LogP contribution in [0.25, 0.3) is 11.3 Å². The van der Waals surface area contributed by atoms with Gasteiger partial charge < -0.3 is 5.32 Å². The van der Waals surface area contributed by atoms with E-state index in [1.54, 1.807) is 15.4 Å². The number of hydrogen-bond acceptors (Lipinski definition) is 6. The van der Waals surface area contributed by atoms with E-state index < -0.39 is 0 Å². The van der Waals surface area contributed by atoms with E-state index >= 15 is 0 Å². The maximum atomic E-state index is 4.42. The van der Waals surface area contributed by atoms with Gasteiger partial charge in [-0.2, -0.15) is 14.3 Å². The maximum absolute atomic E-state index is 4.42. The molecule has 0 unspecified atom stereocenters. The number of rotatable bonds is 4. The molecule has 0 aliphatic rings. The lowest BCUT2D eigenvalue weighted by atomic mass is 10.3. The molecule has 0 saturated carbocycles. The first-order valence-electron chi connectivity index (χ1n) is 7.19. The number of tetrazole rings is 1. The summed E-state index contributed by atoms with van der Waals surface area (Å²) < 4.78 is 3.46. The average Bonchev–Trinajstić information content (AvgIpc) is 3.22. The van der Waals surface area contributed by atoms with E-state index in [2.05, 4.69) is 30.9 Å². The van der Waals surface area contributed by atoms with Crippen LogP contribution < -0.4 is 5.32 Å². The summed E-state index contributed by atoms with van der Waals surface area (Å²) in [5.74, 6) is 1.56. The molecule has 23 heavy (non-hydrogen) atoms. The van der Waals surface area contributed by atoms with Gasteiger partial charge in [0.15, 0.2) is 11.5 Å². The topological polar surface area (TPSA) is 85.8 Å². The first-order valence-corrected chi connectivity index (χ1v) is 7.19. The monoisotopic (exact) mass is 306 g/mol. The van der Waals surface area contributed by atoms with Crippen molar-refractivity contribution in [2.45, 2.75) is 13.5 Å². The van der Waals surface area contributed by atoms with Gasteiger partial charge in [-0.15, -0.1) is 5.10 Å². The lowest BCUT2D eigenvalue weighted by Gasteiger charge is -2.09. The molecule has 0 fully saturated rings. The molecule has 1 aromatic carbocycles. The molecule has 3 aromatic heterocycles. The minimum Gasteiger partial charge on any atom is -0.363 e. The van der Waals surface area contributed by atoms with E-state index in [0.29, 0.717) is 12.4 Å². The highest BCUT2D eigenvalue weighted by Gasteiger charge is 2.09. The molecular formula is C15H14N8. The quantitative estimate of drug-likeness (QED) is 0.616. The highest BCUT2D eigenvalue weighted by atomic mass is 15.5. The van der Waals surface area contributed by atoms with Crippen molar-refractivity contribution in [3.05, 3.63) is 60.2 Å². The lowest BCUT2D eigenvalue weighted by molar-refractivity contribution is 0.766. The summed E-state index contributed by atoms with van der Waals surface area (Å²) in [4.78, 5) is 4.42. The Hall–Kier alpha value is -3.29. The van der Waals surface area contributed by atoms with Crippen molar-refractivity contribution in [2.24, 2.45) is 0 Å². The second kappa shape index (κ2) is 5.48. The molecule has 0 aliphatic carbocycles. The SMILES string of the molecule is Cc1cc(NCc2nnnn2-c2ccccc2)n2nccc2n1. The molecule has 1 N–H and O–H groups in total. The van der Waals surface area contributed by atoms with Crippen LogP contribution in [0, 0.1) is 6.92 Å². The molecule has 0 aliphatic heterocycles. The van der Waals surface area contributed by atoms with Gasteiger partial charge in [-0.1, -0.05) is 18.2 Å². The highest BCUT2D eigenvalue weighted by molar-refractivity contribution is 5.49. The molecule has 0 spiro atoms. The number of nitrogens with zero attached hydrogens (tertiary/aromatic N) is 7. The van der Waals surface area contributed by atoms with Crippen LogP contribution in [-0.4, -0.2) is 34.8 Å². The Labute approximate surface area is 131 Å². The predicted octanol–water partition coefficient (Wildman–Crippen LogP) is 1.63. The Balaban J connectivity index is 1.63. The Kier molecular flexibility index (Phi) is 3.19. The number of anilines is 1. The van der Waals surface area contributed by atoms with Gasteiger partial charge in [0.1, 0.15) is 5.82 Å². The Morgan fingerprint density at radius 3 is 2.87 bits per heavy atom. The van der Waals surface area contributed by atoms with E-state index in [1.807, 2.05) is 49.4 Å². The van der Waals surface area contributed by atoms with Gasteiger partial charge in [0, 0.05) is 17.8 Å². The predicted molar refractivity (Wildman–Crippen MR) is 84.2 cm³/mol. The maximum Gasteiger partial charge on any atom is 0.175 e. The van der Waals surface area contributed by atoms with Crippen LogP contribution in [0.3, 0.4) is 0 Å². The molecular weight excluding hydrogens is 292 g/mol. The number of benzene rings is 1. The third kappa shape index (κ3) is 2.50. The lowest BCUT2D eigenvalue weighted by Crippen LogP contribution is -2.11. The molecule has 8 heteroatoms. The zero-order valence-corrected chi connectivity index (χ0v) is 12.5. The summed E-state index contributed by atoms with van der Waals surface area (Å²) in [5, 5.41) is 19.5. The Morgan fingerprint density at radius 2 is 2.00 bits per heavy atom. The summed E-state index contributed by atoms with van der Waals surface area (Å²) in [6.07, 6.45) is 1.72. The van der Waals surface area contributed by atoms with E-state index in [1.165, 1.54) is 0 Å².